The minimum Gasteiger partial charge on any atom is -0.301 e. The number of aliphatic imine (C=N–C) groups is 2. The number of thiophene rings is 1. The highest BCUT2D eigenvalue weighted by atomic mass is 32.1. The molecule has 0 unspecified atom stereocenters. The normalized spacial score (nSPS) is 17.1. The summed E-state index contributed by atoms with van der Waals surface area (Å²) in [6.45, 7) is 4.77. The SMILES string of the molecule is CNCN=C(N=C1CC=NN1C(C)C)c1csc2ccccc12. The molecule has 0 saturated heterocycles. The first-order chi connectivity index (χ1) is 11.2. The summed E-state index contributed by atoms with van der Waals surface area (Å²) in [5.74, 6) is 1.72. The summed E-state index contributed by atoms with van der Waals surface area (Å²) in [5.41, 5.74) is 1.09. The van der Waals surface area contributed by atoms with E-state index >= 15 is 0 Å². The zero-order valence-corrected chi connectivity index (χ0v) is 14.5. The molecule has 23 heavy (non-hydrogen) atoms. The molecule has 0 spiro atoms. The monoisotopic (exact) mass is 327 g/mol. The summed E-state index contributed by atoms with van der Waals surface area (Å²) in [7, 11) is 1.89. The van der Waals surface area contributed by atoms with Crippen molar-refractivity contribution in [2.75, 3.05) is 13.7 Å². The summed E-state index contributed by atoms with van der Waals surface area (Å²) < 4.78 is 1.25. The maximum Gasteiger partial charge on any atom is 0.159 e. The maximum atomic E-state index is 4.84. The lowest BCUT2D eigenvalue weighted by molar-refractivity contribution is 0.376. The molecule has 1 aromatic heterocycles. The van der Waals surface area contributed by atoms with Crippen molar-refractivity contribution < 1.29 is 0 Å². The number of hydrogen-bond acceptors (Lipinski definition) is 4. The smallest absolute Gasteiger partial charge is 0.159 e. The number of benzene rings is 1. The second-order valence-corrected chi connectivity index (χ2v) is 6.52. The van der Waals surface area contributed by atoms with Gasteiger partial charge in [0, 0.05) is 39.7 Å². The third kappa shape index (κ3) is 3.33. The van der Waals surface area contributed by atoms with Crippen molar-refractivity contribution in [2.45, 2.75) is 26.3 Å². The Labute approximate surface area is 140 Å². The van der Waals surface area contributed by atoms with Crippen LogP contribution in [0.4, 0.5) is 0 Å². The second-order valence-electron chi connectivity index (χ2n) is 5.61. The van der Waals surface area contributed by atoms with Crippen LogP contribution in [0, 0.1) is 0 Å². The summed E-state index contributed by atoms with van der Waals surface area (Å²) >= 11 is 1.73. The average Bonchev–Trinajstić information content (AvgIpc) is 3.18. The summed E-state index contributed by atoms with van der Waals surface area (Å²) in [5, 5.41) is 12.8. The molecule has 0 radical (unpaired) electrons. The lowest BCUT2D eigenvalue weighted by atomic mass is 10.1. The number of rotatable bonds is 4. The van der Waals surface area contributed by atoms with Crippen LogP contribution < -0.4 is 5.32 Å². The van der Waals surface area contributed by atoms with E-state index in [1.54, 1.807) is 11.3 Å². The Balaban J connectivity index is 2.02. The van der Waals surface area contributed by atoms with E-state index in [9.17, 15) is 0 Å². The number of fused-ring (bicyclic) bond motifs is 1. The van der Waals surface area contributed by atoms with E-state index in [0.29, 0.717) is 6.67 Å². The van der Waals surface area contributed by atoms with Crippen LogP contribution in [-0.4, -0.2) is 42.7 Å². The zero-order valence-electron chi connectivity index (χ0n) is 13.7. The molecule has 0 aliphatic carbocycles. The molecular formula is C17H21N5S. The van der Waals surface area contributed by atoms with E-state index in [-0.39, 0.29) is 6.04 Å². The molecule has 0 atom stereocenters. The predicted molar refractivity (Wildman–Crippen MR) is 99.8 cm³/mol. The van der Waals surface area contributed by atoms with E-state index in [2.05, 4.69) is 58.9 Å². The van der Waals surface area contributed by atoms with Crippen molar-refractivity contribution >= 4 is 39.3 Å². The average molecular weight is 327 g/mol. The Kier molecular flexibility index (Phi) is 4.83. The van der Waals surface area contributed by atoms with Gasteiger partial charge in [-0.25, -0.2) is 10.0 Å². The summed E-state index contributed by atoms with van der Waals surface area (Å²) in [6.07, 6.45) is 2.65. The highest BCUT2D eigenvalue weighted by molar-refractivity contribution is 7.17. The highest BCUT2D eigenvalue weighted by Crippen LogP contribution is 2.27. The van der Waals surface area contributed by atoms with Crippen LogP contribution in [0.25, 0.3) is 10.1 Å². The van der Waals surface area contributed by atoms with Gasteiger partial charge in [-0.3, -0.25) is 4.99 Å². The molecule has 120 valence electrons. The van der Waals surface area contributed by atoms with Gasteiger partial charge in [0.2, 0.25) is 0 Å². The number of hydrogen-bond donors (Lipinski definition) is 1. The van der Waals surface area contributed by atoms with Crippen molar-refractivity contribution in [1.29, 1.82) is 0 Å². The highest BCUT2D eigenvalue weighted by Gasteiger charge is 2.20. The van der Waals surface area contributed by atoms with Gasteiger partial charge in [-0.05, 0) is 27.0 Å². The topological polar surface area (TPSA) is 52.4 Å². The molecule has 6 heteroatoms. The number of nitrogens with one attached hydrogen (secondary N) is 1. The predicted octanol–water partition coefficient (Wildman–Crippen LogP) is 3.32. The van der Waals surface area contributed by atoms with Crippen molar-refractivity contribution in [3.63, 3.8) is 0 Å². The van der Waals surface area contributed by atoms with Gasteiger partial charge in [-0.2, -0.15) is 5.10 Å². The molecule has 2 aromatic rings. The van der Waals surface area contributed by atoms with Crippen LogP contribution in [0.5, 0.6) is 0 Å². The maximum absolute atomic E-state index is 4.84. The summed E-state index contributed by atoms with van der Waals surface area (Å²) in [6, 6.07) is 8.66. The molecule has 1 aliphatic heterocycles. The first-order valence-electron chi connectivity index (χ1n) is 7.75. The fraction of sp³-hybridized carbons (Fsp3) is 0.353. The van der Waals surface area contributed by atoms with Gasteiger partial charge >= 0.3 is 0 Å². The fourth-order valence-electron chi connectivity index (χ4n) is 2.51. The van der Waals surface area contributed by atoms with Crippen LogP contribution in [0.2, 0.25) is 0 Å². The zero-order chi connectivity index (χ0) is 16.2. The summed E-state index contributed by atoms with van der Waals surface area (Å²) in [4.78, 5) is 9.48. The van der Waals surface area contributed by atoms with Gasteiger partial charge < -0.3 is 5.32 Å². The largest absolute Gasteiger partial charge is 0.301 e. The van der Waals surface area contributed by atoms with Gasteiger partial charge in [0.25, 0.3) is 0 Å². The van der Waals surface area contributed by atoms with Crippen LogP contribution in [0.1, 0.15) is 25.8 Å². The molecule has 0 amide bonds. The molecule has 1 N–H and O–H groups in total. The van der Waals surface area contributed by atoms with E-state index in [0.717, 1.165) is 23.7 Å². The molecule has 0 fully saturated rings. The molecule has 3 rings (SSSR count). The Hall–Kier alpha value is -2.05. The Bertz CT molecular complexity index is 772. The van der Waals surface area contributed by atoms with Crippen LogP contribution in [0.15, 0.2) is 44.7 Å². The van der Waals surface area contributed by atoms with E-state index in [1.807, 2.05) is 18.3 Å². The third-order valence-corrected chi connectivity index (χ3v) is 4.54. The van der Waals surface area contributed by atoms with Crippen molar-refractivity contribution in [2.24, 2.45) is 15.1 Å². The quantitative estimate of drug-likeness (QED) is 0.692. The standard InChI is InChI=1S/C17H21N5S/c1-12(2)22-16(8-9-20-22)21-17(19-11-18-3)14-10-23-15-7-5-4-6-13(14)15/h4-7,9-10,12,18H,8,11H2,1-3H3. The third-order valence-electron chi connectivity index (χ3n) is 3.58. The number of amidine groups is 2. The van der Waals surface area contributed by atoms with E-state index in [1.165, 1.54) is 10.1 Å². The first kappa shape index (κ1) is 15.8. The molecule has 5 nitrogen and oxygen atoms in total. The minimum atomic E-state index is 0.289. The second kappa shape index (κ2) is 7.02. The van der Waals surface area contributed by atoms with Crippen molar-refractivity contribution in [3.8, 4) is 0 Å². The molecule has 0 bridgehead atoms. The molecular weight excluding hydrogens is 306 g/mol. The lowest BCUT2D eigenvalue weighted by Crippen LogP contribution is -2.29. The molecule has 1 aromatic carbocycles. The van der Waals surface area contributed by atoms with Gasteiger partial charge in [-0.15, -0.1) is 11.3 Å². The number of hydrazone groups is 1. The fourth-order valence-corrected chi connectivity index (χ4v) is 3.45. The van der Waals surface area contributed by atoms with Crippen LogP contribution in [-0.2, 0) is 0 Å². The van der Waals surface area contributed by atoms with Crippen molar-refractivity contribution in [1.82, 2.24) is 10.3 Å². The van der Waals surface area contributed by atoms with Crippen molar-refractivity contribution in [3.05, 3.63) is 35.2 Å². The van der Waals surface area contributed by atoms with Crippen LogP contribution in [0.3, 0.4) is 0 Å². The van der Waals surface area contributed by atoms with E-state index < -0.39 is 0 Å². The Morgan fingerprint density at radius 1 is 1.39 bits per heavy atom. The van der Waals surface area contributed by atoms with Gasteiger partial charge in [0.05, 0.1) is 6.67 Å². The number of nitrogens with zero attached hydrogens (tertiary/aromatic N) is 4. The molecule has 2 heterocycles. The Morgan fingerprint density at radius 2 is 2.22 bits per heavy atom. The van der Waals surface area contributed by atoms with Gasteiger partial charge in [0.1, 0.15) is 5.84 Å². The molecule has 1 aliphatic rings. The van der Waals surface area contributed by atoms with Gasteiger partial charge in [-0.1, -0.05) is 18.2 Å². The molecule has 0 saturated carbocycles. The lowest BCUT2D eigenvalue weighted by Gasteiger charge is -2.19. The van der Waals surface area contributed by atoms with E-state index in [4.69, 9.17) is 4.99 Å². The van der Waals surface area contributed by atoms with Gasteiger partial charge in [0.15, 0.2) is 5.84 Å². The minimum absolute atomic E-state index is 0.289. The first-order valence-corrected chi connectivity index (χ1v) is 8.63. The Morgan fingerprint density at radius 3 is 3.00 bits per heavy atom. The van der Waals surface area contributed by atoms with Crippen LogP contribution >= 0.6 is 11.3 Å².